The van der Waals surface area contributed by atoms with E-state index in [0.717, 1.165) is 25.9 Å². The Morgan fingerprint density at radius 1 is 1.44 bits per heavy atom. The topological polar surface area (TPSA) is 18.5 Å². The molecule has 3 heteroatoms. The number of hydrogen-bond donors (Lipinski definition) is 0. The molecule has 2 atom stereocenters. The molecule has 16 heavy (non-hydrogen) atoms. The third-order valence-corrected chi connectivity index (χ3v) is 2.77. The standard InChI is InChI=1S/C13H23O2.Li/c1-3-5-6-9-12(4-2)15-13-10-7-8-11-14-13;/h2,4,12-13H,3,5-11H2,1H3;/q-1;+1. The Balaban J connectivity index is 0.00000225. The molecule has 0 aromatic carbocycles. The van der Waals surface area contributed by atoms with E-state index in [1.54, 1.807) is 6.08 Å². The van der Waals surface area contributed by atoms with E-state index in [9.17, 15) is 0 Å². The van der Waals surface area contributed by atoms with Crippen LogP contribution in [-0.2, 0) is 9.47 Å². The Morgan fingerprint density at radius 3 is 2.81 bits per heavy atom. The van der Waals surface area contributed by atoms with E-state index in [4.69, 9.17) is 16.1 Å². The van der Waals surface area contributed by atoms with Gasteiger partial charge < -0.3 is 16.1 Å². The van der Waals surface area contributed by atoms with Crippen LogP contribution in [0.2, 0.25) is 0 Å². The van der Waals surface area contributed by atoms with Crippen LogP contribution >= 0.6 is 0 Å². The molecule has 0 amide bonds. The maximum Gasteiger partial charge on any atom is 1.00 e. The molecular weight excluding hydrogens is 195 g/mol. The number of ether oxygens (including phenoxy) is 2. The molecule has 0 aromatic heterocycles. The normalized spacial score (nSPS) is 22.2. The molecule has 0 saturated carbocycles. The molecule has 2 nitrogen and oxygen atoms in total. The Bertz CT molecular complexity index is 167. The minimum Gasteiger partial charge on any atom is -0.515 e. The summed E-state index contributed by atoms with van der Waals surface area (Å²) >= 11 is 0. The summed E-state index contributed by atoms with van der Waals surface area (Å²) in [7, 11) is 0. The molecule has 1 rings (SSSR count). The summed E-state index contributed by atoms with van der Waals surface area (Å²) in [5.41, 5.74) is 0. The summed E-state index contributed by atoms with van der Waals surface area (Å²) in [5, 5.41) is 0. The van der Waals surface area contributed by atoms with Gasteiger partial charge in [0.2, 0.25) is 0 Å². The first-order valence-corrected chi connectivity index (χ1v) is 6.19. The van der Waals surface area contributed by atoms with Crippen molar-refractivity contribution in [2.24, 2.45) is 0 Å². The van der Waals surface area contributed by atoms with Crippen LogP contribution < -0.4 is 18.9 Å². The molecule has 1 saturated heterocycles. The molecule has 1 fully saturated rings. The van der Waals surface area contributed by atoms with Gasteiger partial charge in [0.15, 0.2) is 6.29 Å². The summed E-state index contributed by atoms with van der Waals surface area (Å²) in [4.78, 5) is 0. The number of rotatable bonds is 7. The van der Waals surface area contributed by atoms with Crippen molar-refractivity contribution in [2.75, 3.05) is 6.61 Å². The fourth-order valence-corrected chi connectivity index (χ4v) is 1.82. The summed E-state index contributed by atoms with van der Waals surface area (Å²) in [6, 6.07) is 0. The average molecular weight is 218 g/mol. The monoisotopic (exact) mass is 218 g/mol. The van der Waals surface area contributed by atoms with E-state index in [1.807, 2.05) is 0 Å². The molecule has 0 radical (unpaired) electrons. The molecule has 0 N–H and O–H groups in total. The van der Waals surface area contributed by atoms with Crippen LogP contribution in [0.3, 0.4) is 0 Å². The minimum absolute atomic E-state index is 0. The van der Waals surface area contributed by atoms with E-state index < -0.39 is 0 Å². The Morgan fingerprint density at radius 2 is 2.25 bits per heavy atom. The van der Waals surface area contributed by atoms with Gasteiger partial charge in [0.05, 0.1) is 0 Å². The fraction of sp³-hybridized carbons (Fsp3) is 0.846. The van der Waals surface area contributed by atoms with Crippen molar-refractivity contribution in [1.29, 1.82) is 0 Å². The van der Waals surface area contributed by atoms with Crippen LogP contribution in [0.25, 0.3) is 0 Å². The maximum absolute atomic E-state index is 5.78. The van der Waals surface area contributed by atoms with Gasteiger partial charge in [-0.05, 0) is 25.7 Å². The molecule has 1 aliphatic rings. The van der Waals surface area contributed by atoms with Crippen LogP contribution in [0.5, 0.6) is 0 Å². The quantitative estimate of drug-likeness (QED) is 0.351. The molecule has 0 bridgehead atoms. The fourth-order valence-electron chi connectivity index (χ4n) is 1.82. The predicted molar refractivity (Wildman–Crippen MR) is 61.5 cm³/mol. The van der Waals surface area contributed by atoms with Crippen molar-refractivity contribution in [3.05, 3.63) is 12.7 Å². The van der Waals surface area contributed by atoms with E-state index in [2.05, 4.69) is 6.92 Å². The first kappa shape index (κ1) is 16.3. The van der Waals surface area contributed by atoms with Crippen molar-refractivity contribution < 1.29 is 28.3 Å². The second-order valence-corrected chi connectivity index (χ2v) is 4.16. The van der Waals surface area contributed by atoms with E-state index in [-0.39, 0.29) is 31.3 Å². The van der Waals surface area contributed by atoms with E-state index in [1.165, 1.54) is 25.7 Å². The zero-order valence-electron chi connectivity index (χ0n) is 10.8. The maximum atomic E-state index is 5.78. The molecule has 0 aromatic rings. The van der Waals surface area contributed by atoms with E-state index in [0.29, 0.717) is 0 Å². The third-order valence-electron chi connectivity index (χ3n) is 2.77. The van der Waals surface area contributed by atoms with Gasteiger partial charge in [0, 0.05) is 12.7 Å². The summed E-state index contributed by atoms with van der Waals surface area (Å²) < 4.78 is 11.3. The largest absolute Gasteiger partial charge is 1.00 e. The van der Waals surface area contributed by atoms with Crippen LogP contribution in [0.15, 0.2) is 6.08 Å². The zero-order chi connectivity index (χ0) is 10.9. The molecule has 1 aliphatic heterocycles. The van der Waals surface area contributed by atoms with Crippen molar-refractivity contribution in [3.63, 3.8) is 0 Å². The number of unbranched alkanes of at least 4 members (excludes halogenated alkanes) is 2. The van der Waals surface area contributed by atoms with Crippen LogP contribution in [-0.4, -0.2) is 19.0 Å². The molecular formula is C13H23LiO2. The van der Waals surface area contributed by atoms with Crippen LogP contribution in [0.4, 0.5) is 0 Å². The van der Waals surface area contributed by atoms with E-state index >= 15 is 0 Å². The molecule has 0 aliphatic carbocycles. The second kappa shape index (κ2) is 10.4. The van der Waals surface area contributed by atoms with Crippen molar-refractivity contribution in [2.45, 2.75) is 64.3 Å². The SMILES string of the molecule is [CH-]=CC(CCCCC)OC1CCCCO1.[Li+]. The van der Waals surface area contributed by atoms with Crippen molar-refractivity contribution >= 4 is 0 Å². The van der Waals surface area contributed by atoms with Gasteiger partial charge in [0.25, 0.3) is 0 Å². The van der Waals surface area contributed by atoms with Crippen molar-refractivity contribution in [1.82, 2.24) is 0 Å². The Kier molecular flexibility index (Phi) is 10.6. The Hall–Kier alpha value is 0.257. The molecule has 1 heterocycles. The third kappa shape index (κ3) is 6.76. The summed E-state index contributed by atoms with van der Waals surface area (Å²) in [6.07, 6.45) is 9.77. The van der Waals surface area contributed by atoms with Crippen molar-refractivity contribution in [3.8, 4) is 0 Å². The van der Waals surface area contributed by atoms with Crippen LogP contribution in [0.1, 0.15) is 51.9 Å². The molecule has 0 spiro atoms. The first-order chi connectivity index (χ1) is 7.36. The van der Waals surface area contributed by atoms with Gasteiger partial charge in [0.1, 0.15) is 0 Å². The van der Waals surface area contributed by atoms with Gasteiger partial charge >= 0.3 is 18.9 Å². The van der Waals surface area contributed by atoms with Gasteiger partial charge in [-0.3, -0.25) is 0 Å². The van der Waals surface area contributed by atoms with Gasteiger partial charge in [-0.1, -0.05) is 26.2 Å². The van der Waals surface area contributed by atoms with Gasteiger partial charge in [-0.2, -0.15) is 0 Å². The Labute approximate surface area is 112 Å². The predicted octanol–water partition coefficient (Wildman–Crippen LogP) is 0.472. The zero-order valence-corrected chi connectivity index (χ0v) is 10.8. The summed E-state index contributed by atoms with van der Waals surface area (Å²) in [6.45, 7) is 8.60. The smallest absolute Gasteiger partial charge is 0.515 e. The van der Waals surface area contributed by atoms with Gasteiger partial charge in [-0.25, -0.2) is 6.08 Å². The second-order valence-electron chi connectivity index (χ2n) is 4.16. The minimum atomic E-state index is -0.0230. The van der Waals surface area contributed by atoms with Crippen LogP contribution in [0, 0.1) is 6.58 Å². The number of hydrogen-bond acceptors (Lipinski definition) is 2. The summed E-state index contributed by atoms with van der Waals surface area (Å²) in [5.74, 6) is 0. The molecule has 88 valence electrons. The van der Waals surface area contributed by atoms with Gasteiger partial charge in [-0.15, -0.1) is 0 Å². The first-order valence-electron chi connectivity index (χ1n) is 6.19. The molecule has 2 unspecified atom stereocenters. The average Bonchev–Trinajstić information content (AvgIpc) is 2.29.